The Morgan fingerprint density at radius 3 is 0.925 bits per heavy atom. The summed E-state index contributed by atoms with van der Waals surface area (Å²) in [7, 11) is 0. The summed E-state index contributed by atoms with van der Waals surface area (Å²) in [6.45, 7) is 0. The van der Waals surface area contributed by atoms with E-state index in [0.717, 1.165) is 33.4 Å². The molecule has 0 amide bonds. The molecular formula is C32H30O8. The van der Waals surface area contributed by atoms with Gasteiger partial charge < -0.3 is 30.6 Å². The van der Waals surface area contributed by atoms with E-state index in [1.54, 1.807) is 48.5 Å². The summed E-state index contributed by atoms with van der Waals surface area (Å²) in [5, 5.41) is 58.8. The van der Waals surface area contributed by atoms with Gasteiger partial charge in [-0.25, -0.2) is 9.59 Å². The first-order valence-corrected chi connectivity index (χ1v) is 12.8. The van der Waals surface area contributed by atoms with E-state index in [2.05, 4.69) is 0 Å². The minimum atomic E-state index is -0.993. The summed E-state index contributed by atoms with van der Waals surface area (Å²) in [6.07, 6.45) is 3.29. The Labute approximate surface area is 231 Å². The lowest BCUT2D eigenvalue weighted by Crippen LogP contribution is -2.03. The standard InChI is InChI=1S/C32H30O8/c33-27-15-23(11-5-19-1-7-21(8-2-19)31(37)38)25(17-29(27)35)13-14-26-18-30(36)28(34)16-24(26)12-6-20-3-9-22(10-4-20)32(39)40/h1-4,7-10,15-18,33-36H,5-6,11-14H2,(H,37,38)(H,39,40). The second-order valence-electron chi connectivity index (χ2n) is 9.72. The van der Waals surface area contributed by atoms with Crippen LogP contribution < -0.4 is 0 Å². The van der Waals surface area contributed by atoms with E-state index in [0.29, 0.717) is 38.5 Å². The van der Waals surface area contributed by atoms with Crippen LogP contribution in [0.4, 0.5) is 0 Å². The molecule has 0 aliphatic rings. The first kappa shape index (κ1) is 28.0. The van der Waals surface area contributed by atoms with Gasteiger partial charge in [-0.3, -0.25) is 0 Å². The molecule has 6 N–H and O–H groups in total. The number of carboxylic acids is 2. The lowest BCUT2D eigenvalue weighted by molar-refractivity contribution is 0.0686. The maximum Gasteiger partial charge on any atom is 0.335 e. The van der Waals surface area contributed by atoms with Crippen molar-refractivity contribution in [3.05, 3.63) is 117 Å². The van der Waals surface area contributed by atoms with Gasteiger partial charge in [-0.15, -0.1) is 0 Å². The summed E-state index contributed by atoms with van der Waals surface area (Å²) >= 11 is 0. The number of benzene rings is 4. The molecule has 8 heteroatoms. The molecule has 4 rings (SSSR count). The fourth-order valence-corrected chi connectivity index (χ4v) is 4.71. The maximum atomic E-state index is 11.1. The van der Waals surface area contributed by atoms with Gasteiger partial charge in [0.15, 0.2) is 23.0 Å². The molecule has 40 heavy (non-hydrogen) atoms. The quantitative estimate of drug-likeness (QED) is 0.140. The van der Waals surface area contributed by atoms with Crippen LogP contribution in [-0.2, 0) is 38.5 Å². The molecule has 0 aliphatic heterocycles. The van der Waals surface area contributed by atoms with Crippen molar-refractivity contribution in [1.82, 2.24) is 0 Å². The topological polar surface area (TPSA) is 156 Å². The normalized spacial score (nSPS) is 10.9. The first-order chi connectivity index (χ1) is 19.1. The van der Waals surface area contributed by atoms with Crippen LogP contribution in [0, 0.1) is 0 Å². The molecule has 0 aromatic heterocycles. The Kier molecular flexibility index (Phi) is 8.59. The third-order valence-corrected chi connectivity index (χ3v) is 7.03. The van der Waals surface area contributed by atoms with Gasteiger partial charge in [0.1, 0.15) is 0 Å². The minimum absolute atomic E-state index is 0.206. The monoisotopic (exact) mass is 542 g/mol. The number of aromatic hydroxyl groups is 4. The third-order valence-electron chi connectivity index (χ3n) is 7.03. The molecule has 206 valence electrons. The highest BCUT2D eigenvalue weighted by atomic mass is 16.4. The molecule has 0 radical (unpaired) electrons. The van der Waals surface area contributed by atoms with E-state index in [1.165, 1.54) is 24.3 Å². The highest BCUT2D eigenvalue weighted by Gasteiger charge is 2.14. The zero-order chi connectivity index (χ0) is 28.8. The average molecular weight is 543 g/mol. The van der Waals surface area contributed by atoms with Crippen LogP contribution in [-0.4, -0.2) is 42.6 Å². The number of hydrogen-bond acceptors (Lipinski definition) is 6. The molecule has 4 aromatic carbocycles. The van der Waals surface area contributed by atoms with Crippen molar-refractivity contribution in [2.75, 3.05) is 0 Å². The number of aryl methyl sites for hydroxylation is 6. The average Bonchev–Trinajstić information content (AvgIpc) is 2.93. The van der Waals surface area contributed by atoms with Gasteiger partial charge in [0.25, 0.3) is 0 Å². The molecule has 4 aromatic rings. The Morgan fingerprint density at radius 1 is 0.425 bits per heavy atom. The zero-order valence-corrected chi connectivity index (χ0v) is 21.7. The molecule has 0 spiro atoms. The molecule has 0 heterocycles. The summed E-state index contributed by atoms with van der Waals surface area (Å²) in [5.74, 6) is -2.90. The lowest BCUT2D eigenvalue weighted by atomic mass is 9.91. The predicted molar refractivity (Wildman–Crippen MR) is 149 cm³/mol. The third kappa shape index (κ3) is 6.91. The first-order valence-electron chi connectivity index (χ1n) is 12.8. The van der Waals surface area contributed by atoms with E-state index in [1.807, 2.05) is 0 Å². The van der Waals surface area contributed by atoms with E-state index >= 15 is 0 Å². The summed E-state index contributed by atoms with van der Waals surface area (Å²) in [6, 6.07) is 19.3. The van der Waals surface area contributed by atoms with Crippen molar-refractivity contribution in [3.8, 4) is 23.0 Å². The number of carbonyl (C=O) groups is 2. The lowest BCUT2D eigenvalue weighted by Gasteiger charge is -2.15. The minimum Gasteiger partial charge on any atom is -0.504 e. The number of aromatic carboxylic acids is 2. The number of phenolic OH excluding ortho intramolecular Hbond substituents is 4. The fourth-order valence-electron chi connectivity index (χ4n) is 4.71. The van der Waals surface area contributed by atoms with E-state index in [9.17, 15) is 30.0 Å². The highest BCUT2D eigenvalue weighted by molar-refractivity contribution is 5.88. The molecule has 0 saturated heterocycles. The van der Waals surface area contributed by atoms with Crippen LogP contribution in [0.2, 0.25) is 0 Å². The second-order valence-corrected chi connectivity index (χ2v) is 9.72. The van der Waals surface area contributed by atoms with Gasteiger partial charge >= 0.3 is 11.9 Å². The van der Waals surface area contributed by atoms with Crippen LogP contribution in [0.5, 0.6) is 23.0 Å². The van der Waals surface area contributed by atoms with Crippen LogP contribution in [0.3, 0.4) is 0 Å². The zero-order valence-electron chi connectivity index (χ0n) is 21.7. The number of hydrogen-bond donors (Lipinski definition) is 6. The van der Waals surface area contributed by atoms with Crippen molar-refractivity contribution in [2.24, 2.45) is 0 Å². The van der Waals surface area contributed by atoms with Crippen LogP contribution in [0.1, 0.15) is 54.1 Å². The predicted octanol–water partition coefficient (Wildman–Crippen LogP) is 5.26. The van der Waals surface area contributed by atoms with Gasteiger partial charge in [0.2, 0.25) is 0 Å². The molecule has 0 aliphatic carbocycles. The van der Waals surface area contributed by atoms with Gasteiger partial charge in [0.05, 0.1) is 11.1 Å². The Balaban J connectivity index is 1.50. The second kappa shape index (κ2) is 12.3. The largest absolute Gasteiger partial charge is 0.504 e. The maximum absolute atomic E-state index is 11.1. The molecule has 0 fully saturated rings. The molecule has 0 saturated carbocycles. The Morgan fingerprint density at radius 2 is 0.675 bits per heavy atom. The van der Waals surface area contributed by atoms with Gasteiger partial charge in [-0.2, -0.15) is 0 Å². The van der Waals surface area contributed by atoms with Crippen LogP contribution in [0.25, 0.3) is 0 Å². The summed E-state index contributed by atoms with van der Waals surface area (Å²) in [4.78, 5) is 22.2. The van der Waals surface area contributed by atoms with E-state index in [-0.39, 0.29) is 34.1 Å². The molecular weight excluding hydrogens is 512 g/mol. The van der Waals surface area contributed by atoms with Gasteiger partial charge in [-0.1, -0.05) is 24.3 Å². The Hall–Kier alpha value is -4.98. The van der Waals surface area contributed by atoms with Crippen molar-refractivity contribution in [2.45, 2.75) is 38.5 Å². The van der Waals surface area contributed by atoms with Crippen LogP contribution in [0.15, 0.2) is 72.8 Å². The van der Waals surface area contributed by atoms with Gasteiger partial charge in [-0.05, 0) is 120 Å². The molecule has 0 unspecified atom stereocenters. The van der Waals surface area contributed by atoms with Crippen molar-refractivity contribution in [3.63, 3.8) is 0 Å². The summed E-state index contributed by atoms with van der Waals surface area (Å²) < 4.78 is 0. The van der Waals surface area contributed by atoms with Crippen LogP contribution >= 0.6 is 0 Å². The van der Waals surface area contributed by atoms with Crippen molar-refractivity contribution in [1.29, 1.82) is 0 Å². The van der Waals surface area contributed by atoms with Crippen molar-refractivity contribution >= 4 is 11.9 Å². The molecule has 0 bridgehead atoms. The van der Waals surface area contributed by atoms with Crippen molar-refractivity contribution < 1.29 is 40.2 Å². The van der Waals surface area contributed by atoms with E-state index in [4.69, 9.17) is 10.2 Å². The van der Waals surface area contributed by atoms with E-state index < -0.39 is 11.9 Å². The fraction of sp³-hybridized carbons (Fsp3) is 0.188. The summed E-state index contributed by atoms with van der Waals surface area (Å²) in [5.41, 5.74) is 5.59. The molecule has 0 atom stereocenters. The number of rotatable bonds is 11. The highest BCUT2D eigenvalue weighted by Crippen LogP contribution is 2.33. The SMILES string of the molecule is O=C(O)c1ccc(CCc2cc(O)c(O)cc2CCc2cc(O)c(O)cc2CCc2ccc(C(=O)O)cc2)cc1. The van der Waals surface area contributed by atoms with Gasteiger partial charge in [0, 0.05) is 0 Å². The Bertz CT molecular complexity index is 1410. The smallest absolute Gasteiger partial charge is 0.335 e. The number of phenols is 4. The number of carboxylic acid groups (broad SMARTS) is 2. The molecule has 8 nitrogen and oxygen atoms in total.